The van der Waals surface area contributed by atoms with E-state index in [0.29, 0.717) is 22.6 Å². The molecule has 1 N–H and O–H groups in total. The van der Waals surface area contributed by atoms with Crippen molar-refractivity contribution >= 4 is 23.2 Å². The van der Waals surface area contributed by atoms with E-state index in [9.17, 15) is 0 Å². The van der Waals surface area contributed by atoms with Crippen molar-refractivity contribution in [2.24, 2.45) is 0 Å². The largest absolute Gasteiger partial charge is 0.490 e. The summed E-state index contributed by atoms with van der Waals surface area (Å²) in [4.78, 5) is 0. The number of hydrogen-bond acceptors (Lipinski definition) is 3. The second kappa shape index (κ2) is 6.95. The van der Waals surface area contributed by atoms with E-state index in [1.165, 1.54) is 5.56 Å². The third kappa shape index (κ3) is 2.87. The highest BCUT2D eigenvalue weighted by Crippen LogP contribution is 2.54. The van der Waals surface area contributed by atoms with Gasteiger partial charge in [0.25, 0.3) is 0 Å². The van der Waals surface area contributed by atoms with Crippen LogP contribution in [0.5, 0.6) is 11.5 Å². The number of fused-ring (bicyclic) bond motifs is 3. The van der Waals surface area contributed by atoms with Gasteiger partial charge in [-0.25, -0.2) is 0 Å². The van der Waals surface area contributed by atoms with E-state index >= 15 is 0 Å². The monoisotopic (exact) mass is 391 g/mol. The van der Waals surface area contributed by atoms with Crippen LogP contribution in [-0.4, -0.2) is 25.3 Å². The van der Waals surface area contributed by atoms with Gasteiger partial charge in [-0.1, -0.05) is 36.2 Å². The molecule has 1 fully saturated rings. The fourth-order valence-corrected chi connectivity index (χ4v) is 4.77. The Hall–Kier alpha value is -1.42. The van der Waals surface area contributed by atoms with Gasteiger partial charge in [0, 0.05) is 40.1 Å². The van der Waals surface area contributed by atoms with Crippen molar-refractivity contribution in [3.8, 4) is 22.6 Å². The summed E-state index contributed by atoms with van der Waals surface area (Å²) in [5.74, 6) is 2.02. The van der Waals surface area contributed by atoms with Crippen LogP contribution in [-0.2, 0) is 0 Å². The van der Waals surface area contributed by atoms with E-state index in [-0.39, 0.29) is 5.60 Å². The minimum absolute atomic E-state index is 0.137. The van der Waals surface area contributed by atoms with Gasteiger partial charge in [-0.2, -0.15) is 0 Å². The summed E-state index contributed by atoms with van der Waals surface area (Å²) < 4.78 is 12.5. The molecule has 0 amide bonds. The Balaban J connectivity index is 1.87. The summed E-state index contributed by atoms with van der Waals surface area (Å²) in [7, 11) is 0. The zero-order valence-corrected chi connectivity index (χ0v) is 16.6. The van der Waals surface area contributed by atoms with Crippen LogP contribution >= 0.6 is 23.2 Å². The highest BCUT2D eigenvalue weighted by Gasteiger charge is 2.49. The lowest BCUT2D eigenvalue weighted by atomic mass is 9.77. The van der Waals surface area contributed by atoms with Crippen molar-refractivity contribution < 1.29 is 9.47 Å². The van der Waals surface area contributed by atoms with E-state index in [2.05, 4.69) is 18.3 Å². The predicted molar refractivity (Wildman–Crippen MR) is 107 cm³/mol. The Kier molecular flexibility index (Phi) is 4.81. The predicted octanol–water partition coefficient (Wildman–Crippen LogP) is 5.68. The molecule has 138 valence electrons. The molecule has 4 rings (SSSR count). The molecule has 0 spiro atoms. The quantitative estimate of drug-likeness (QED) is 0.727. The maximum absolute atomic E-state index is 6.55. The lowest BCUT2D eigenvalue weighted by molar-refractivity contribution is 0.0369. The molecule has 2 atom stereocenters. The summed E-state index contributed by atoms with van der Waals surface area (Å²) in [6.07, 6.45) is 1.99. The minimum Gasteiger partial charge on any atom is -0.490 e. The molecule has 26 heavy (non-hydrogen) atoms. The van der Waals surface area contributed by atoms with E-state index in [1.54, 1.807) is 6.07 Å². The molecule has 0 bridgehead atoms. The number of halogens is 2. The smallest absolute Gasteiger partial charge is 0.165 e. The lowest BCUT2D eigenvalue weighted by Crippen LogP contribution is -2.48. The summed E-state index contributed by atoms with van der Waals surface area (Å²) in [6, 6.07) is 9.85. The molecule has 0 saturated carbocycles. The van der Waals surface area contributed by atoms with Crippen molar-refractivity contribution in [2.75, 3.05) is 19.7 Å². The van der Waals surface area contributed by atoms with Gasteiger partial charge in [0.1, 0.15) is 5.60 Å². The molecule has 2 aromatic rings. The van der Waals surface area contributed by atoms with Gasteiger partial charge in [0.05, 0.1) is 6.61 Å². The summed E-state index contributed by atoms with van der Waals surface area (Å²) in [5, 5.41) is 4.80. The summed E-state index contributed by atoms with van der Waals surface area (Å²) >= 11 is 12.5. The van der Waals surface area contributed by atoms with Gasteiger partial charge in [0.2, 0.25) is 0 Å². The number of ether oxygens (including phenoxy) is 2. The van der Waals surface area contributed by atoms with Crippen LogP contribution in [0.2, 0.25) is 10.0 Å². The number of nitrogens with one attached hydrogen (secondary N) is 1. The van der Waals surface area contributed by atoms with Gasteiger partial charge in [-0.05, 0) is 49.7 Å². The molecule has 0 aromatic heterocycles. The summed E-state index contributed by atoms with van der Waals surface area (Å²) in [6.45, 7) is 6.70. The van der Waals surface area contributed by atoms with Gasteiger partial charge in [-0.15, -0.1) is 0 Å². The number of benzene rings is 2. The zero-order valence-electron chi connectivity index (χ0n) is 15.1. The fraction of sp³-hybridized carbons (Fsp3) is 0.429. The van der Waals surface area contributed by atoms with Crippen molar-refractivity contribution in [1.82, 2.24) is 5.32 Å². The Morgan fingerprint density at radius 1 is 1.23 bits per heavy atom. The molecule has 2 heterocycles. The third-order valence-corrected chi connectivity index (χ3v) is 6.16. The third-order valence-electron chi connectivity index (χ3n) is 5.61. The first-order valence-electron chi connectivity index (χ1n) is 9.24. The molecule has 2 aliphatic heterocycles. The van der Waals surface area contributed by atoms with Crippen LogP contribution < -0.4 is 14.8 Å². The van der Waals surface area contributed by atoms with Crippen LogP contribution in [0.15, 0.2) is 30.3 Å². The maximum Gasteiger partial charge on any atom is 0.165 e. The number of hydrogen-bond donors (Lipinski definition) is 1. The van der Waals surface area contributed by atoms with Gasteiger partial charge in [-0.3, -0.25) is 0 Å². The first-order valence-corrected chi connectivity index (χ1v) is 9.99. The van der Waals surface area contributed by atoms with Crippen LogP contribution in [0, 0.1) is 0 Å². The Labute approximate surface area is 164 Å². The minimum atomic E-state index is -0.137. The van der Waals surface area contributed by atoms with Gasteiger partial charge < -0.3 is 14.8 Å². The molecular weight excluding hydrogens is 369 g/mol. The molecule has 1 unspecified atom stereocenters. The SMILES string of the molecule is CCOc1cc(-c2ccc(Cl)cc2Cl)cc2c1OC1(CC)CCNC[C@@H]21. The molecule has 2 aliphatic rings. The highest BCUT2D eigenvalue weighted by molar-refractivity contribution is 6.36. The van der Waals surface area contributed by atoms with Crippen molar-refractivity contribution in [3.05, 3.63) is 45.9 Å². The first kappa shape index (κ1) is 18.0. The molecule has 3 nitrogen and oxygen atoms in total. The van der Waals surface area contributed by atoms with Crippen LogP contribution in [0.25, 0.3) is 11.1 Å². The fourth-order valence-electron chi connectivity index (χ4n) is 4.25. The topological polar surface area (TPSA) is 30.5 Å². The standard InChI is InChI=1S/C21H23Cl2NO2/c1-3-21-7-8-24-12-17(21)16-9-13(10-19(25-4-2)20(16)26-21)15-6-5-14(22)11-18(15)23/h5-6,9-11,17,24H,3-4,7-8,12H2,1-2H3/t17-,21?/m0/s1. The van der Waals surface area contributed by atoms with E-state index in [0.717, 1.165) is 48.6 Å². The Morgan fingerprint density at radius 3 is 2.81 bits per heavy atom. The first-order chi connectivity index (χ1) is 12.6. The normalized spacial score (nSPS) is 23.9. The highest BCUT2D eigenvalue weighted by atomic mass is 35.5. The average molecular weight is 392 g/mol. The average Bonchev–Trinajstić information content (AvgIpc) is 2.97. The molecule has 5 heteroatoms. The number of rotatable bonds is 4. The van der Waals surface area contributed by atoms with Gasteiger partial charge in [0.15, 0.2) is 11.5 Å². The van der Waals surface area contributed by atoms with E-state index in [1.807, 2.05) is 25.1 Å². The van der Waals surface area contributed by atoms with E-state index in [4.69, 9.17) is 32.7 Å². The Morgan fingerprint density at radius 2 is 2.08 bits per heavy atom. The molecule has 1 saturated heterocycles. The van der Waals surface area contributed by atoms with Crippen molar-refractivity contribution in [1.29, 1.82) is 0 Å². The van der Waals surface area contributed by atoms with Gasteiger partial charge >= 0.3 is 0 Å². The molecule has 0 aliphatic carbocycles. The van der Waals surface area contributed by atoms with Crippen LogP contribution in [0.3, 0.4) is 0 Å². The summed E-state index contributed by atoms with van der Waals surface area (Å²) in [5.41, 5.74) is 3.07. The molecular formula is C21H23Cl2NO2. The Bertz CT molecular complexity index is 839. The lowest BCUT2D eigenvalue weighted by Gasteiger charge is -2.38. The van der Waals surface area contributed by atoms with Crippen molar-refractivity contribution in [2.45, 2.75) is 38.2 Å². The second-order valence-electron chi connectivity index (χ2n) is 6.98. The number of piperidine rings is 1. The van der Waals surface area contributed by atoms with Crippen molar-refractivity contribution in [3.63, 3.8) is 0 Å². The maximum atomic E-state index is 6.55. The van der Waals surface area contributed by atoms with Crippen LogP contribution in [0.1, 0.15) is 38.2 Å². The van der Waals surface area contributed by atoms with E-state index < -0.39 is 0 Å². The second-order valence-corrected chi connectivity index (χ2v) is 7.82. The molecule has 2 aromatic carbocycles. The molecule has 0 radical (unpaired) electrons. The zero-order chi connectivity index (χ0) is 18.3. The van der Waals surface area contributed by atoms with Crippen LogP contribution in [0.4, 0.5) is 0 Å².